The van der Waals surface area contributed by atoms with E-state index in [0.29, 0.717) is 0 Å². The van der Waals surface area contributed by atoms with Crippen LogP contribution in [0.15, 0.2) is 6.07 Å². The van der Waals surface area contributed by atoms with Crippen molar-refractivity contribution < 1.29 is 22.7 Å². The monoisotopic (exact) mass is 330 g/mol. The number of sulfone groups is 1. The van der Waals surface area contributed by atoms with Crippen LogP contribution in [0.3, 0.4) is 0 Å². The largest absolute Gasteiger partial charge is 0.468 e. The smallest absolute Gasteiger partial charge is 0.320 e. The van der Waals surface area contributed by atoms with Crippen molar-refractivity contribution in [1.82, 2.24) is 0 Å². The Morgan fingerprint density at radius 2 is 1.94 bits per heavy atom. The molecule has 0 atom stereocenters. The van der Waals surface area contributed by atoms with Gasteiger partial charge in [0.1, 0.15) is 15.8 Å². The molecule has 0 radical (unpaired) electrons. The Labute approximate surface area is 118 Å². The van der Waals surface area contributed by atoms with Gasteiger partial charge < -0.3 is 4.74 Å². The van der Waals surface area contributed by atoms with Crippen LogP contribution < -0.4 is 0 Å². The summed E-state index contributed by atoms with van der Waals surface area (Å²) >= 11 is 12.3. The van der Waals surface area contributed by atoms with Crippen LogP contribution in [0.25, 0.3) is 0 Å². The summed E-state index contributed by atoms with van der Waals surface area (Å²) in [5.41, 5.74) is 0.0418. The molecule has 0 aliphatic rings. The molecule has 1 aromatic rings. The van der Waals surface area contributed by atoms with Gasteiger partial charge in [0.2, 0.25) is 0 Å². The Morgan fingerprint density at radius 3 is 2.39 bits per heavy atom. The van der Waals surface area contributed by atoms with Crippen molar-refractivity contribution in [3.8, 4) is 0 Å². The number of methoxy groups -OCH3 is 1. The zero-order chi connectivity index (χ0) is 13.9. The van der Waals surface area contributed by atoms with Gasteiger partial charge in [0.15, 0.2) is 15.6 Å². The van der Waals surface area contributed by atoms with E-state index in [9.17, 15) is 18.0 Å². The summed E-state index contributed by atoms with van der Waals surface area (Å²) < 4.78 is 27.7. The first-order chi connectivity index (χ1) is 8.25. The topological polar surface area (TPSA) is 77.5 Å². The van der Waals surface area contributed by atoms with Crippen molar-refractivity contribution >= 4 is 56.1 Å². The quantitative estimate of drug-likeness (QED) is 0.608. The highest BCUT2D eigenvalue weighted by Crippen LogP contribution is 2.31. The van der Waals surface area contributed by atoms with Crippen LogP contribution in [0.5, 0.6) is 0 Å². The van der Waals surface area contributed by atoms with Gasteiger partial charge in [-0.25, -0.2) is 8.42 Å². The molecule has 1 aromatic heterocycles. The van der Waals surface area contributed by atoms with Crippen LogP contribution in [0.1, 0.15) is 10.4 Å². The fraction of sp³-hybridized carbons (Fsp3) is 0.333. The van der Waals surface area contributed by atoms with Gasteiger partial charge in [-0.3, -0.25) is 9.59 Å². The van der Waals surface area contributed by atoms with Gasteiger partial charge in [-0.05, 0) is 6.07 Å². The minimum absolute atomic E-state index is 0.0418. The van der Waals surface area contributed by atoms with E-state index in [0.717, 1.165) is 18.4 Å². The van der Waals surface area contributed by atoms with E-state index in [4.69, 9.17) is 23.2 Å². The molecule has 0 bridgehead atoms. The highest BCUT2D eigenvalue weighted by Gasteiger charge is 2.24. The molecule has 9 heteroatoms. The molecule has 0 aliphatic heterocycles. The van der Waals surface area contributed by atoms with Crippen LogP contribution in [-0.4, -0.2) is 38.8 Å². The third-order valence-electron chi connectivity index (χ3n) is 1.87. The molecule has 18 heavy (non-hydrogen) atoms. The Morgan fingerprint density at radius 1 is 1.33 bits per heavy atom. The zero-order valence-corrected chi connectivity index (χ0v) is 12.3. The molecular formula is C9H8Cl2O5S2. The molecule has 0 N–H and O–H groups in total. The average Bonchev–Trinajstić information content (AvgIpc) is 2.56. The van der Waals surface area contributed by atoms with Gasteiger partial charge in [-0.2, -0.15) is 0 Å². The zero-order valence-electron chi connectivity index (χ0n) is 9.11. The fourth-order valence-corrected chi connectivity index (χ4v) is 3.73. The number of ketones is 1. The summed E-state index contributed by atoms with van der Waals surface area (Å²) in [4.78, 5) is 22.6. The van der Waals surface area contributed by atoms with E-state index >= 15 is 0 Å². The second-order valence-corrected chi connectivity index (χ2v) is 7.62. The van der Waals surface area contributed by atoms with E-state index in [2.05, 4.69) is 4.74 Å². The minimum atomic E-state index is -3.87. The molecule has 1 rings (SSSR count). The SMILES string of the molecule is COC(=O)CS(=O)(=O)CC(=O)c1cc(Cl)sc1Cl. The van der Waals surface area contributed by atoms with Crippen LogP contribution in [0.2, 0.25) is 8.67 Å². The van der Waals surface area contributed by atoms with Crippen LogP contribution in [0.4, 0.5) is 0 Å². The summed E-state index contributed by atoms with van der Waals surface area (Å²) in [5.74, 6) is -3.27. The highest BCUT2D eigenvalue weighted by atomic mass is 35.5. The number of Topliss-reactive ketones (excluding diaryl/α,β-unsaturated/α-hetero) is 1. The number of rotatable bonds is 5. The van der Waals surface area contributed by atoms with E-state index in [1.807, 2.05) is 0 Å². The molecule has 0 unspecified atom stereocenters. The first-order valence-electron chi connectivity index (χ1n) is 4.50. The predicted octanol–water partition coefficient (Wildman–Crippen LogP) is 1.83. The maximum absolute atomic E-state index is 11.7. The molecule has 0 aliphatic carbocycles. The van der Waals surface area contributed by atoms with Gasteiger partial charge in [0.05, 0.1) is 11.4 Å². The number of ether oxygens (including phenoxy) is 1. The van der Waals surface area contributed by atoms with Crippen LogP contribution in [0, 0.1) is 0 Å². The van der Waals surface area contributed by atoms with Crippen molar-refractivity contribution in [1.29, 1.82) is 0 Å². The molecule has 0 spiro atoms. The van der Waals surface area contributed by atoms with E-state index in [1.54, 1.807) is 0 Å². The third kappa shape index (κ3) is 4.24. The summed E-state index contributed by atoms with van der Waals surface area (Å²) in [5, 5.41) is 0. The highest BCUT2D eigenvalue weighted by molar-refractivity contribution is 7.92. The predicted molar refractivity (Wildman–Crippen MR) is 69.3 cm³/mol. The van der Waals surface area contributed by atoms with Gasteiger partial charge in [-0.1, -0.05) is 23.2 Å². The normalized spacial score (nSPS) is 11.3. The maximum atomic E-state index is 11.7. The second kappa shape index (κ2) is 6.01. The second-order valence-electron chi connectivity index (χ2n) is 3.27. The lowest BCUT2D eigenvalue weighted by molar-refractivity contribution is -0.137. The third-order valence-corrected chi connectivity index (χ3v) is 4.74. The lowest BCUT2D eigenvalue weighted by atomic mass is 10.2. The number of thiophene rings is 1. The van der Waals surface area contributed by atoms with E-state index in [1.165, 1.54) is 6.07 Å². The molecule has 5 nitrogen and oxygen atoms in total. The van der Waals surface area contributed by atoms with Crippen LogP contribution >= 0.6 is 34.5 Å². The van der Waals surface area contributed by atoms with Gasteiger partial charge >= 0.3 is 5.97 Å². The van der Waals surface area contributed by atoms with Crippen molar-refractivity contribution in [3.05, 3.63) is 20.3 Å². The Balaban J connectivity index is 2.82. The Bertz CT molecular complexity index is 576. The number of carbonyl (C=O) groups excluding carboxylic acids is 2. The fourth-order valence-electron chi connectivity index (χ4n) is 1.10. The lowest BCUT2D eigenvalue weighted by Gasteiger charge is -2.01. The first kappa shape index (κ1) is 15.4. The summed E-state index contributed by atoms with van der Waals surface area (Å²) in [7, 11) is -2.80. The number of hydrogen-bond acceptors (Lipinski definition) is 6. The van der Waals surface area contributed by atoms with Gasteiger partial charge in [0.25, 0.3) is 0 Å². The Hall–Kier alpha value is -0.630. The molecule has 0 aromatic carbocycles. The maximum Gasteiger partial charge on any atom is 0.320 e. The van der Waals surface area contributed by atoms with Crippen molar-refractivity contribution in [2.24, 2.45) is 0 Å². The molecule has 0 saturated carbocycles. The lowest BCUT2D eigenvalue weighted by Crippen LogP contribution is -2.24. The molecule has 0 amide bonds. The number of halogens is 2. The average molecular weight is 331 g/mol. The number of esters is 1. The first-order valence-corrected chi connectivity index (χ1v) is 7.90. The van der Waals surface area contributed by atoms with Crippen LogP contribution in [-0.2, 0) is 19.4 Å². The Kier molecular flexibility index (Phi) is 5.15. The standard InChI is InChI=1S/C9H8Cl2O5S2/c1-16-8(13)4-18(14,15)3-6(12)5-2-7(10)17-9(5)11/h2H,3-4H2,1H3. The molecule has 0 saturated heterocycles. The van der Waals surface area contributed by atoms with E-state index in [-0.39, 0.29) is 14.2 Å². The van der Waals surface area contributed by atoms with E-state index < -0.39 is 33.1 Å². The summed E-state index contributed by atoms with van der Waals surface area (Å²) in [6, 6.07) is 1.30. The van der Waals surface area contributed by atoms with Gasteiger partial charge in [0, 0.05) is 5.56 Å². The molecular weight excluding hydrogens is 323 g/mol. The number of carbonyl (C=O) groups is 2. The molecule has 1 heterocycles. The van der Waals surface area contributed by atoms with Crippen molar-refractivity contribution in [2.45, 2.75) is 0 Å². The van der Waals surface area contributed by atoms with Crippen molar-refractivity contribution in [2.75, 3.05) is 18.6 Å². The molecule has 100 valence electrons. The summed E-state index contributed by atoms with van der Waals surface area (Å²) in [6.07, 6.45) is 0. The summed E-state index contributed by atoms with van der Waals surface area (Å²) in [6.45, 7) is 0. The van der Waals surface area contributed by atoms with Crippen molar-refractivity contribution in [3.63, 3.8) is 0 Å². The number of hydrogen-bond donors (Lipinski definition) is 0. The minimum Gasteiger partial charge on any atom is -0.468 e. The van der Waals surface area contributed by atoms with Gasteiger partial charge in [-0.15, -0.1) is 11.3 Å². The molecule has 0 fully saturated rings.